The summed E-state index contributed by atoms with van der Waals surface area (Å²) in [4.78, 5) is 25.5. The van der Waals surface area contributed by atoms with E-state index in [4.69, 9.17) is 4.74 Å². The van der Waals surface area contributed by atoms with E-state index in [0.717, 1.165) is 16.0 Å². The van der Waals surface area contributed by atoms with E-state index in [0.29, 0.717) is 22.7 Å². The zero-order valence-electron chi connectivity index (χ0n) is 13.1. The van der Waals surface area contributed by atoms with Crippen molar-refractivity contribution in [3.63, 3.8) is 0 Å². The van der Waals surface area contributed by atoms with Crippen LogP contribution in [0.5, 0.6) is 0 Å². The smallest absolute Gasteiger partial charge is 0.341 e. The van der Waals surface area contributed by atoms with E-state index in [1.807, 2.05) is 39.0 Å². The molecule has 116 valence electrons. The van der Waals surface area contributed by atoms with Gasteiger partial charge in [0.15, 0.2) is 0 Å². The Morgan fingerprint density at radius 2 is 1.95 bits per heavy atom. The zero-order valence-corrected chi connectivity index (χ0v) is 14.0. The Balaban J connectivity index is 2.31. The van der Waals surface area contributed by atoms with Crippen LogP contribution in [0, 0.1) is 20.8 Å². The van der Waals surface area contributed by atoms with Crippen molar-refractivity contribution in [1.29, 1.82) is 0 Å². The van der Waals surface area contributed by atoms with Crippen molar-refractivity contribution in [1.82, 2.24) is 0 Å². The molecule has 0 aliphatic rings. The maximum atomic E-state index is 12.4. The molecule has 0 unspecified atom stereocenters. The van der Waals surface area contributed by atoms with Gasteiger partial charge in [-0.3, -0.25) is 4.79 Å². The van der Waals surface area contributed by atoms with Crippen LogP contribution in [0.2, 0.25) is 0 Å². The molecule has 4 nitrogen and oxygen atoms in total. The first-order chi connectivity index (χ1) is 10.4. The highest BCUT2D eigenvalue weighted by atomic mass is 32.1. The summed E-state index contributed by atoms with van der Waals surface area (Å²) in [6, 6.07) is 7.33. The highest BCUT2D eigenvalue weighted by molar-refractivity contribution is 7.16. The van der Waals surface area contributed by atoms with Gasteiger partial charge in [-0.15, -0.1) is 11.3 Å². The Morgan fingerprint density at radius 1 is 1.23 bits per heavy atom. The number of anilines is 1. The van der Waals surface area contributed by atoms with Crippen molar-refractivity contribution in [2.45, 2.75) is 27.7 Å². The Kier molecular flexibility index (Phi) is 4.98. The van der Waals surface area contributed by atoms with Gasteiger partial charge in [-0.05, 0) is 45.4 Å². The molecule has 1 heterocycles. The maximum Gasteiger partial charge on any atom is 0.341 e. The van der Waals surface area contributed by atoms with Gasteiger partial charge in [0.1, 0.15) is 5.00 Å². The lowest BCUT2D eigenvalue weighted by molar-refractivity contribution is 0.0527. The van der Waals surface area contributed by atoms with Gasteiger partial charge < -0.3 is 10.1 Å². The van der Waals surface area contributed by atoms with Crippen molar-refractivity contribution in [3.05, 3.63) is 51.4 Å². The third kappa shape index (κ3) is 3.36. The van der Waals surface area contributed by atoms with Gasteiger partial charge in [0.25, 0.3) is 5.91 Å². The van der Waals surface area contributed by atoms with Gasteiger partial charge in [-0.25, -0.2) is 4.79 Å². The van der Waals surface area contributed by atoms with E-state index < -0.39 is 5.97 Å². The van der Waals surface area contributed by atoms with Crippen molar-refractivity contribution in [3.8, 4) is 0 Å². The lowest BCUT2D eigenvalue weighted by Crippen LogP contribution is -2.15. The number of aryl methyl sites for hydroxylation is 2. The SMILES string of the molecule is CCOC(=O)c1c(NC(=O)c2cccc(C)c2)sc(C)c1C. The minimum Gasteiger partial charge on any atom is -0.462 e. The van der Waals surface area contributed by atoms with Crippen molar-refractivity contribution < 1.29 is 14.3 Å². The van der Waals surface area contributed by atoms with E-state index in [1.54, 1.807) is 13.0 Å². The van der Waals surface area contributed by atoms with Crippen LogP contribution in [0.15, 0.2) is 24.3 Å². The average molecular weight is 317 g/mol. The van der Waals surface area contributed by atoms with Crippen LogP contribution < -0.4 is 5.32 Å². The van der Waals surface area contributed by atoms with E-state index in [-0.39, 0.29) is 5.91 Å². The number of ether oxygens (including phenoxy) is 1. The molecule has 0 radical (unpaired) electrons. The molecule has 0 bridgehead atoms. The van der Waals surface area contributed by atoms with Crippen molar-refractivity contribution >= 4 is 28.2 Å². The molecular weight excluding hydrogens is 298 g/mol. The standard InChI is InChI=1S/C17H19NO3S/c1-5-21-17(20)14-11(3)12(4)22-16(14)18-15(19)13-8-6-7-10(2)9-13/h6-9H,5H2,1-4H3,(H,18,19). The Labute approximate surface area is 134 Å². The number of rotatable bonds is 4. The Bertz CT molecular complexity index is 719. The molecule has 0 aliphatic heterocycles. The highest BCUT2D eigenvalue weighted by Gasteiger charge is 2.22. The summed E-state index contributed by atoms with van der Waals surface area (Å²) in [5.41, 5.74) is 2.88. The number of carbonyl (C=O) groups excluding carboxylic acids is 2. The van der Waals surface area contributed by atoms with Gasteiger partial charge in [0.05, 0.1) is 12.2 Å². The van der Waals surface area contributed by atoms with Gasteiger partial charge in [0.2, 0.25) is 0 Å². The zero-order chi connectivity index (χ0) is 16.3. The molecular formula is C17H19NO3S. The fourth-order valence-corrected chi connectivity index (χ4v) is 3.17. The van der Waals surface area contributed by atoms with Crippen molar-refractivity contribution in [2.75, 3.05) is 11.9 Å². The first-order valence-corrected chi connectivity index (χ1v) is 7.90. The molecule has 0 fully saturated rings. The summed E-state index contributed by atoms with van der Waals surface area (Å²) in [5, 5.41) is 3.38. The summed E-state index contributed by atoms with van der Waals surface area (Å²) in [7, 11) is 0. The highest BCUT2D eigenvalue weighted by Crippen LogP contribution is 2.33. The number of thiophene rings is 1. The third-order valence-electron chi connectivity index (χ3n) is 3.37. The quantitative estimate of drug-likeness (QED) is 0.864. The first-order valence-electron chi connectivity index (χ1n) is 7.09. The summed E-state index contributed by atoms with van der Waals surface area (Å²) >= 11 is 1.39. The second-order valence-electron chi connectivity index (χ2n) is 5.03. The fraction of sp³-hybridized carbons (Fsp3) is 0.294. The van der Waals surface area contributed by atoms with Gasteiger partial charge in [-0.2, -0.15) is 0 Å². The molecule has 0 spiro atoms. The first kappa shape index (κ1) is 16.2. The second kappa shape index (κ2) is 6.75. The van der Waals surface area contributed by atoms with E-state index >= 15 is 0 Å². The number of carbonyl (C=O) groups is 2. The normalized spacial score (nSPS) is 10.4. The number of hydrogen-bond acceptors (Lipinski definition) is 4. The molecule has 2 rings (SSSR count). The van der Waals surface area contributed by atoms with Crippen LogP contribution in [-0.2, 0) is 4.74 Å². The Morgan fingerprint density at radius 3 is 2.59 bits per heavy atom. The van der Waals surface area contributed by atoms with Gasteiger partial charge in [0, 0.05) is 10.4 Å². The van der Waals surface area contributed by atoms with Crippen LogP contribution in [-0.4, -0.2) is 18.5 Å². The van der Waals surface area contributed by atoms with Crippen LogP contribution in [0.1, 0.15) is 43.6 Å². The summed E-state index contributed by atoms with van der Waals surface area (Å²) < 4.78 is 5.09. The monoisotopic (exact) mass is 317 g/mol. The average Bonchev–Trinajstić information content (AvgIpc) is 2.74. The minimum absolute atomic E-state index is 0.226. The van der Waals surface area contributed by atoms with Crippen LogP contribution in [0.25, 0.3) is 0 Å². The second-order valence-corrected chi connectivity index (χ2v) is 6.26. The minimum atomic E-state index is -0.399. The predicted molar refractivity (Wildman–Crippen MR) is 88.9 cm³/mol. The van der Waals surface area contributed by atoms with E-state index in [1.165, 1.54) is 11.3 Å². The number of hydrogen-bond donors (Lipinski definition) is 1. The molecule has 1 amide bonds. The molecule has 1 N–H and O–H groups in total. The van der Waals surface area contributed by atoms with Gasteiger partial charge >= 0.3 is 5.97 Å². The van der Waals surface area contributed by atoms with E-state index in [2.05, 4.69) is 5.32 Å². The van der Waals surface area contributed by atoms with Gasteiger partial charge in [-0.1, -0.05) is 17.7 Å². The largest absolute Gasteiger partial charge is 0.462 e. The topological polar surface area (TPSA) is 55.4 Å². The fourth-order valence-electron chi connectivity index (χ4n) is 2.13. The molecule has 2 aromatic rings. The molecule has 1 aromatic heterocycles. The summed E-state index contributed by atoms with van der Waals surface area (Å²) in [5.74, 6) is -0.626. The number of esters is 1. The summed E-state index contributed by atoms with van der Waals surface area (Å²) in [6.45, 7) is 7.78. The Hall–Kier alpha value is -2.14. The van der Waals surface area contributed by atoms with Crippen molar-refractivity contribution in [2.24, 2.45) is 0 Å². The maximum absolute atomic E-state index is 12.4. The van der Waals surface area contributed by atoms with Crippen LogP contribution in [0.3, 0.4) is 0 Å². The molecule has 0 saturated carbocycles. The third-order valence-corrected chi connectivity index (χ3v) is 4.49. The number of nitrogens with one attached hydrogen (secondary N) is 1. The van der Waals surface area contributed by atoms with E-state index in [9.17, 15) is 9.59 Å². The lowest BCUT2D eigenvalue weighted by atomic mass is 10.1. The predicted octanol–water partition coefficient (Wildman–Crippen LogP) is 4.10. The molecule has 0 atom stereocenters. The number of benzene rings is 1. The molecule has 0 aliphatic carbocycles. The molecule has 1 aromatic carbocycles. The summed E-state index contributed by atoms with van der Waals surface area (Å²) in [6.07, 6.45) is 0. The van der Waals surface area contributed by atoms with Crippen LogP contribution in [0.4, 0.5) is 5.00 Å². The number of amides is 1. The molecule has 0 saturated heterocycles. The molecule has 22 heavy (non-hydrogen) atoms. The van der Waals surface area contributed by atoms with Crippen LogP contribution >= 0.6 is 11.3 Å². The lowest BCUT2D eigenvalue weighted by Gasteiger charge is -2.07. The molecule has 5 heteroatoms.